The second-order valence-corrected chi connectivity index (χ2v) is 16.6. The predicted octanol–water partition coefficient (Wildman–Crippen LogP) is 7.87. The summed E-state index contributed by atoms with van der Waals surface area (Å²) >= 11 is 0. The Hall–Kier alpha value is -7.44. The van der Waals surface area contributed by atoms with Crippen LogP contribution >= 0.6 is 0 Å². The zero-order valence-electron chi connectivity index (χ0n) is 36.7. The second-order valence-electron chi connectivity index (χ2n) is 16.6. The molecule has 8 bridgehead atoms. The average Bonchev–Trinajstić information content (AvgIpc) is 4.20. The van der Waals surface area contributed by atoms with Crippen molar-refractivity contribution in [3.63, 3.8) is 0 Å². The van der Waals surface area contributed by atoms with Crippen LogP contribution in [0, 0.1) is 23.3 Å². The molecule has 6 atom stereocenters. The smallest absolute Gasteiger partial charge is 0.204 e. The summed E-state index contributed by atoms with van der Waals surface area (Å²) in [6, 6.07) is 15.4. The fourth-order valence-corrected chi connectivity index (χ4v) is 8.58. The largest absolute Gasteiger partial charge is 0.508 e. The van der Waals surface area contributed by atoms with Gasteiger partial charge >= 0.3 is 0 Å². The van der Waals surface area contributed by atoms with Gasteiger partial charge in [0, 0.05) is 44.3 Å². The Labute approximate surface area is 400 Å². The topological polar surface area (TPSA) is 238 Å². The lowest BCUT2D eigenvalue weighted by molar-refractivity contribution is -0.0468. The first kappa shape index (κ1) is 49.5. The Morgan fingerprint density at radius 3 is 1.61 bits per heavy atom. The SMILES string of the molecule is OCC(O)COc1c(F)c(F)c(-c2c3nc(c(-c4cccc(O)c4)c4ccc([nH]4)c(C4=C(F)C(F)C(OCC(O)CO)C(F)=C4F)c4nc(c(-c5cccc(O)c5)c5ccc2[nH]5)C=C4)C(O)C3O)c(F)c1F. The lowest BCUT2D eigenvalue weighted by Crippen LogP contribution is -2.34. The Morgan fingerprint density at radius 1 is 0.569 bits per heavy atom. The van der Waals surface area contributed by atoms with E-state index in [0.29, 0.717) is 0 Å². The lowest BCUT2D eigenvalue weighted by atomic mass is 9.92. The number of aromatic amines is 2. The Kier molecular flexibility index (Phi) is 13.5. The number of phenolic OH excluding ortho intramolecular Hbond substituents is 2. The average molecular weight is 1010 g/mol. The van der Waals surface area contributed by atoms with Crippen LogP contribution < -0.4 is 4.74 Å². The molecule has 72 heavy (non-hydrogen) atoms. The van der Waals surface area contributed by atoms with Crippen molar-refractivity contribution in [2.45, 2.75) is 36.7 Å². The normalized spacial score (nSPS) is 18.8. The van der Waals surface area contributed by atoms with Crippen LogP contribution in [0.3, 0.4) is 0 Å². The number of allylic oxidation sites excluding steroid dienone is 2. The molecule has 9 rings (SSSR count). The molecule has 14 nitrogen and oxygen atoms in total. The van der Waals surface area contributed by atoms with Crippen LogP contribution in [0.15, 0.2) is 90.3 Å². The molecule has 0 spiro atoms. The van der Waals surface area contributed by atoms with E-state index in [1.807, 2.05) is 0 Å². The summed E-state index contributed by atoms with van der Waals surface area (Å²) in [6.07, 6.45) is -10.9. The second kappa shape index (κ2) is 19.6. The number of phenols is 2. The molecule has 5 heterocycles. The van der Waals surface area contributed by atoms with Crippen LogP contribution in [0.2, 0.25) is 0 Å². The Morgan fingerprint density at radius 2 is 1.06 bits per heavy atom. The number of ether oxygens (including phenoxy) is 2. The quantitative estimate of drug-likeness (QED) is 0.0416. The number of nitrogens with zero attached hydrogens (tertiary/aromatic N) is 2. The van der Waals surface area contributed by atoms with E-state index in [4.69, 9.17) is 9.47 Å². The number of benzene rings is 3. The van der Waals surface area contributed by atoms with E-state index < -0.39 is 149 Å². The van der Waals surface area contributed by atoms with E-state index in [1.54, 1.807) is 0 Å². The van der Waals surface area contributed by atoms with Gasteiger partial charge < -0.3 is 60.3 Å². The molecule has 6 unspecified atom stereocenters. The number of aliphatic hydroxyl groups is 6. The zero-order chi connectivity index (χ0) is 51.4. The molecule has 0 radical (unpaired) electrons. The van der Waals surface area contributed by atoms with Crippen LogP contribution in [0.5, 0.6) is 17.2 Å². The Bertz CT molecular complexity index is 3400. The van der Waals surface area contributed by atoms with Crippen LogP contribution in [-0.4, -0.2) is 112 Å². The number of rotatable bonds is 12. The summed E-state index contributed by atoms with van der Waals surface area (Å²) in [7, 11) is 0. The molecule has 2 aliphatic heterocycles. The predicted molar refractivity (Wildman–Crippen MR) is 243 cm³/mol. The van der Waals surface area contributed by atoms with Crippen molar-refractivity contribution in [2.75, 3.05) is 26.4 Å². The third-order valence-electron chi connectivity index (χ3n) is 11.9. The number of H-pyrrole nitrogens is 2. The Balaban J connectivity index is 1.45. The van der Waals surface area contributed by atoms with Gasteiger partial charge in [-0.2, -0.15) is 8.78 Å². The highest BCUT2D eigenvalue weighted by atomic mass is 19.2. The molecule has 0 saturated carbocycles. The number of halogens is 8. The van der Waals surface area contributed by atoms with Gasteiger partial charge in [-0.05, 0) is 71.8 Å². The minimum atomic E-state index is -3.04. The molecular weight excluding hydrogens is 969 g/mol. The third-order valence-corrected chi connectivity index (χ3v) is 11.9. The molecule has 1 aliphatic carbocycles. The fourth-order valence-electron chi connectivity index (χ4n) is 8.58. The highest BCUT2D eigenvalue weighted by molar-refractivity contribution is 5.98. The number of alkyl halides is 1. The maximum Gasteiger partial charge on any atom is 0.204 e. The van der Waals surface area contributed by atoms with E-state index >= 15 is 35.1 Å². The van der Waals surface area contributed by atoms with Gasteiger partial charge in [-0.1, -0.05) is 24.3 Å². The number of aromatic hydroxyl groups is 2. The summed E-state index contributed by atoms with van der Waals surface area (Å²) in [5.74, 6) is -16.5. The van der Waals surface area contributed by atoms with Crippen molar-refractivity contribution < 1.29 is 85.4 Å². The molecule has 10 N–H and O–H groups in total. The summed E-state index contributed by atoms with van der Waals surface area (Å²) in [5.41, 5.74) is -7.10. The summed E-state index contributed by atoms with van der Waals surface area (Å²) < 4.78 is 140. The van der Waals surface area contributed by atoms with Crippen LogP contribution in [0.25, 0.3) is 73.2 Å². The highest BCUT2D eigenvalue weighted by Crippen LogP contribution is 2.48. The maximum atomic E-state index is 16.6. The fraction of sp³-hybridized carbons (Fsp3) is 0.200. The van der Waals surface area contributed by atoms with Gasteiger partial charge in [0.2, 0.25) is 11.6 Å². The van der Waals surface area contributed by atoms with E-state index in [1.165, 1.54) is 72.8 Å². The van der Waals surface area contributed by atoms with Gasteiger partial charge in [0.1, 0.15) is 54.5 Å². The molecule has 3 aromatic heterocycles. The molecule has 6 aromatic rings. The summed E-state index contributed by atoms with van der Waals surface area (Å²) in [5, 5.41) is 83.0. The first-order valence-corrected chi connectivity index (χ1v) is 21.6. The van der Waals surface area contributed by atoms with E-state index in [0.717, 1.165) is 12.1 Å². The molecule has 3 aromatic carbocycles. The number of hydrogen-bond acceptors (Lipinski definition) is 12. The first-order valence-electron chi connectivity index (χ1n) is 21.6. The van der Waals surface area contributed by atoms with Crippen LogP contribution in [0.4, 0.5) is 35.1 Å². The van der Waals surface area contributed by atoms with E-state index in [2.05, 4.69) is 19.9 Å². The molecule has 0 amide bonds. The first-order chi connectivity index (χ1) is 34.4. The molecule has 374 valence electrons. The van der Waals surface area contributed by atoms with E-state index in [9.17, 15) is 40.9 Å². The van der Waals surface area contributed by atoms with Crippen LogP contribution in [0.1, 0.15) is 40.5 Å². The molecule has 0 fully saturated rings. The van der Waals surface area contributed by atoms with Gasteiger partial charge in [-0.25, -0.2) is 31.3 Å². The minimum absolute atomic E-state index is 0.00446. The van der Waals surface area contributed by atoms with Crippen molar-refractivity contribution in [3.05, 3.63) is 142 Å². The summed E-state index contributed by atoms with van der Waals surface area (Å²) in [4.78, 5) is 14.9. The van der Waals surface area contributed by atoms with Gasteiger partial charge in [-0.3, -0.25) is 4.98 Å². The van der Waals surface area contributed by atoms with Gasteiger partial charge in [0.05, 0.1) is 53.7 Å². The lowest BCUT2D eigenvalue weighted by Gasteiger charge is -2.26. The van der Waals surface area contributed by atoms with Gasteiger partial charge in [-0.15, -0.1) is 0 Å². The molecule has 0 saturated heterocycles. The number of fused-ring (bicyclic) bond motifs is 8. The van der Waals surface area contributed by atoms with Crippen molar-refractivity contribution in [2.24, 2.45) is 0 Å². The number of aromatic nitrogens is 4. The van der Waals surface area contributed by atoms with E-state index in [-0.39, 0.29) is 61.7 Å². The number of aliphatic hydroxyl groups excluding tert-OH is 6. The van der Waals surface area contributed by atoms with Gasteiger partial charge in [0.25, 0.3) is 0 Å². The molecule has 22 heteroatoms. The van der Waals surface area contributed by atoms with Gasteiger partial charge in [0.15, 0.2) is 35.2 Å². The molecular formula is C50H38F8N4O10. The standard InChI is InChI=1S/C50H38F8N4O10/c51-37-35(38(52)42(56)49(41(37)55)71-17-23(67)15-63)33-28-10-7-25(59-28)31(19-3-1-5-21(65)13-19)26-8-12-30(60-26)34(36-39(53)43(57)50(44(58)40(36)54)72-18-24(68)16-64)46-48(70)47(69)45(62-46)32(27-9-11-29(33)61-27)20-4-2-6-22(66)14-20/h1-14,23-24,41,47-49,60-61,63-70H,15-18H2. The van der Waals surface area contributed by atoms with Crippen molar-refractivity contribution in [1.82, 2.24) is 19.9 Å². The highest BCUT2D eigenvalue weighted by Gasteiger charge is 2.43. The third kappa shape index (κ3) is 8.65. The van der Waals surface area contributed by atoms with Crippen LogP contribution in [-0.2, 0) is 4.74 Å². The molecule has 3 aliphatic rings. The van der Waals surface area contributed by atoms with Crippen molar-refractivity contribution in [1.29, 1.82) is 0 Å². The zero-order valence-corrected chi connectivity index (χ0v) is 36.7. The van der Waals surface area contributed by atoms with Crippen molar-refractivity contribution >= 4 is 39.8 Å². The maximum absolute atomic E-state index is 16.6. The monoisotopic (exact) mass is 1010 g/mol. The number of nitrogens with one attached hydrogen (secondary N) is 2. The summed E-state index contributed by atoms with van der Waals surface area (Å²) in [6.45, 7) is -3.79. The minimum Gasteiger partial charge on any atom is -0.508 e. The van der Waals surface area contributed by atoms with Crippen molar-refractivity contribution in [3.8, 4) is 50.6 Å². The number of hydrogen-bond donors (Lipinski definition) is 10.